The van der Waals surface area contributed by atoms with Crippen LogP contribution >= 0.6 is 0 Å². The van der Waals surface area contributed by atoms with Crippen LogP contribution in [0.2, 0.25) is 0 Å². The van der Waals surface area contributed by atoms with E-state index in [2.05, 4.69) is 29.4 Å². The number of H-pyrrole nitrogens is 1. The molecule has 0 fully saturated rings. The zero-order valence-corrected chi connectivity index (χ0v) is 10.7. The molecule has 2 aromatic rings. The number of aromatic amines is 1. The zero-order chi connectivity index (χ0) is 13.0. The Bertz CT molecular complexity index is 541. The largest absolute Gasteiger partial charge is 0.347 e. The molecule has 96 valence electrons. The fourth-order valence-corrected chi connectivity index (χ4v) is 1.83. The van der Waals surface area contributed by atoms with Crippen molar-refractivity contribution in [3.05, 3.63) is 46.6 Å². The summed E-state index contributed by atoms with van der Waals surface area (Å²) < 4.78 is 1.48. The first-order valence-electron chi connectivity index (χ1n) is 6.18. The molecule has 1 aromatic carbocycles. The lowest BCUT2D eigenvalue weighted by Crippen LogP contribution is -2.19. The molecule has 0 aliphatic carbocycles. The molecule has 0 amide bonds. The summed E-state index contributed by atoms with van der Waals surface area (Å²) in [4.78, 5) is 11.4. The van der Waals surface area contributed by atoms with Crippen LogP contribution in [0.1, 0.15) is 31.9 Å². The van der Waals surface area contributed by atoms with Gasteiger partial charge in [-0.15, -0.1) is 0 Å². The Morgan fingerprint density at radius 3 is 2.67 bits per heavy atom. The van der Waals surface area contributed by atoms with Crippen LogP contribution in [-0.2, 0) is 0 Å². The molecule has 1 unspecified atom stereocenters. The first-order chi connectivity index (χ1) is 8.72. The number of nitrogens with one attached hydrogen (secondary N) is 2. The highest BCUT2D eigenvalue weighted by Gasteiger charge is 2.05. The predicted molar refractivity (Wildman–Crippen MR) is 70.9 cm³/mol. The minimum Gasteiger partial charge on any atom is -0.310 e. The van der Waals surface area contributed by atoms with Crippen molar-refractivity contribution < 1.29 is 0 Å². The van der Waals surface area contributed by atoms with Crippen LogP contribution < -0.4 is 11.0 Å². The number of hydrogen-bond donors (Lipinski definition) is 2. The van der Waals surface area contributed by atoms with Gasteiger partial charge in [0.1, 0.15) is 6.33 Å². The van der Waals surface area contributed by atoms with Crippen molar-refractivity contribution in [2.75, 3.05) is 6.54 Å². The Hall–Kier alpha value is -1.88. The Morgan fingerprint density at radius 2 is 2.11 bits per heavy atom. The number of hydrogen-bond acceptors (Lipinski definition) is 3. The summed E-state index contributed by atoms with van der Waals surface area (Å²) in [5.74, 6) is 0. The van der Waals surface area contributed by atoms with Crippen molar-refractivity contribution in [2.24, 2.45) is 0 Å². The summed E-state index contributed by atoms with van der Waals surface area (Å²) in [5.41, 5.74) is 1.81. The van der Waals surface area contributed by atoms with Gasteiger partial charge in [-0.3, -0.25) is 0 Å². The molecule has 5 nitrogen and oxygen atoms in total. The van der Waals surface area contributed by atoms with Crippen molar-refractivity contribution in [1.82, 2.24) is 20.1 Å². The molecule has 0 aliphatic rings. The number of rotatable bonds is 5. The molecule has 0 saturated carbocycles. The van der Waals surface area contributed by atoms with Crippen molar-refractivity contribution in [3.8, 4) is 5.69 Å². The van der Waals surface area contributed by atoms with Crippen LogP contribution in [0.3, 0.4) is 0 Å². The lowest BCUT2D eigenvalue weighted by atomic mass is 10.1. The minimum atomic E-state index is -0.222. The van der Waals surface area contributed by atoms with Crippen LogP contribution in [-0.4, -0.2) is 21.3 Å². The lowest BCUT2D eigenvalue weighted by Gasteiger charge is -2.13. The second kappa shape index (κ2) is 5.64. The van der Waals surface area contributed by atoms with Gasteiger partial charge in [0.05, 0.1) is 5.69 Å². The molecule has 1 heterocycles. The van der Waals surface area contributed by atoms with Gasteiger partial charge < -0.3 is 5.32 Å². The molecular weight excluding hydrogens is 228 g/mol. The van der Waals surface area contributed by atoms with Gasteiger partial charge in [0, 0.05) is 6.04 Å². The molecule has 0 aliphatic heterocycles. The highest BCUT2D eigenvalue weighted by atomic mass is 16.1. The highest BCUT2D eigenvalue weighted by Crippen LogP contribution is 2.14. The van der Waals surface area contributed by atoms with E-state index in [-0.39, 0.29) is 5.69 Å². The molecule has 0 spiro atoms. The Morgan fingerprint density at radius 1 is 1.39 bits per heavy atom. The lowest BCUT2D eigenvalue weighted by molar-refractivity contribution is 0.570. The fraction of sp³-hybridized carbons (Fsp3) is 0.385. The molecule has 0 radical (unpaired) electrons. The van der Waals surface area contributed by atoms with E-state index in [1.54, 1.807) is 0 Å². The van der Waals surface area contributed by atoms with E-state index in [1.807, 2.05) is 24.3 Å². The summed E-state index contributed by atoms with van der Waals surface area (Å²) in [6.07, 6.45) is 2.60. The molecule has 0 bridgehead atoms. The monoisotopic (exact) mass is 246 g/mol. The first kappa shape index (κ1) is 12.6. The minimum absolute atomic E-state index is 0.222. The predicted octanol–water partition coefficient (Wildman–Crippen LogP) is 1.62. The third kappa shape index (κ3) is 2.68. The van der Waals surface area contributed by atoms with Crippen molar-refractivity contribution in [2.45, 2.75) is 26.3 Å². The third-order valence-corrected chi connectivity index (χ3v) is 2.92. The topological polar surface area (TPSA) is 62.7 Å². The van der Waals surface area contributed by atoms with Crippen LogP contribution in [0.15, 0.2) is 35.4 Å². The second-order valence-corrected chi connectivity index (χ2v) is 4.30. The van der Waals surface area contributed by atoms with Gasteiger partial charge in [0.2, 0.25) is 0 Å². The fourth-order valence-electron chi connectivity index (χ4n) is 1.83. The Kier molecular flexibility index (Phi) is 3.94. The van der Waals surface area contributed by atoms with E-state index in [9.17, 15) is 4.79 Å². The summed E-state index contributed by atoms with van der Waals surface area (Å²) >= 11 is 0. The van der Waals surface area contributed by atoms with Gasteiger partial charge in [-0.05, 0) is 37.6 Å². The first-order valence-corrected chi connectivity index (χ1v) is 6.18. The van der Waals surface area contributed by atoms with E-state index in [0.29, 0.717) is 6.04 Å². The van der Waals surface area contributed by atoms with Gasteiger partial charge in [-0.1, -0.05) is 19.1 Å². The molecule has 1 aromatic heterocycles. The average Bonchev–Trinajstić information content (AvgIpc) is 2.82. The Labute approximate surface area is 106 Å². The van der Waals surface area contributed by atoms with Gasteiger partial charge in [0.15, 0.2) is 0 Å². The summed E-state index contributed by atoms with van der Waals surface area (Å²) in [6.45, 7) is 5.28. The van der Waals surface area contributed by atoms with Gasteiger partial charge >= 0.3 is 5.69 Å². The molecule has 2 N–H and O–H groups in total. The molecule has 18 heavy (non-hydrogen) atoms. The zero-order valence-electron chi connectivity index (χ0n) is 10.7. The average molecular weight is 246 g/mol. The second-order valence-electron chi connectivity index (χ2n) is 4.30. The van der Waals surface area contributed by atoms with E-state index in [4.69, 9.17) is 0 Å². The maximum Gasteiger partial charge on any atom is 0.347 e. The van der Waals surface area contributed by atoms with Crippen LogP contribution in [0.5, 0.6) is 0 Å². The van der Waals surface area contributed by atoms with Gasteiger partial charge in [-0.2, -0.15) is 5.10 Å². The van der Waals surface area contributed by atoms with Gasteiger partial charge in [-0.25, -0.2) is 14.5 Å². The molecule has 1 atom stereocenters. The van der Waals surface area contributed by atoms with E-state index in [1.165, 1.54) is 16.5 Å². The standard InChI is InChI=1S/C13H18N4O/c1-3-8-14-10(2)11-4-6-12(7-5-11)17-9-15-16-13(17)18/h4-7,9-10,14H,3,8H2,1-2H3,(H,16,18). The maximum atomic E-state index is 11.4. The summed E-state index contributed by atoms with van der Waals surface area (Å²) in [6, 6.07) is 8.23. The number of nitrogens with zero attached hydrogens (tertiary/aromatic N) is 2. The van der Waals surface area contributed by atoms with Gasteiger partial charge in [0.25, 0.3) is 0 Å². The quantitative estimate of drug-likeness (QED) is 0.842. The Balaban J connectivity index is 2.15. The summed E-state index contributed by atoms with van der Waals surface area (Å²) in [7, 11) is 0. The molecule has 5 heteroatoms. The normalized spacial score (nSPS) is 12.6. The molecule has 0 saturated heterocycles. The van der Waals surface area contributed by atoms with E-state index in [0.717, 1.165) is 18.7 Å². The number of benzene rings is 1. The maximum absolute atomic E-state index is 11.4. The van der Waals surface area contributed by atoms with Crippen LogP contribution in [0.25, 0.3) is 5.69 Å². The third-order valence-electron chi connectivity index (χ3n) is 2.92. The van der Waals surface area contributed by atoms with E-state index >= 15 is 0 Å². The summed E-state index contributed by atoms with van der Waals surface area (Å²) in [5, 5.41) is 9.51. The number of aromatic nitrogens is 3. The van der Waals surface area contributed by atoms with Crippen LogP contribution in [0.4, 0.5) is 0 Å². The van der Waals surface area contributed by atoms with Crippen molar-refractivity contribution in [3.63, 3.8) is 0 Å². The van der Waals surface area contributed by atoms with E-state index < -0.39 is 0 Å². The van der Waals surface area contributed by atoms with Crippen molar-refractivity contribution >= 4 is 0 Å². The SMILES string of the molecule is CCCNC(C)c1ccc(-n2cn[nH]c2=O)cc1. The molecule has 2 rings (SSSR count). The molecular formula is C13H18N4O. The van der Waals surface area contributed by atoms with Crippen molar-refractivity contribution in [1.29, 1.82) is 0 Å². The van der Waals surface area contributed by atoms with Crippen LogP contribution in [0, 0.1) is 0 Å². The smallest absolute Gasteiger partial charge is 0.310 e. The highest BCUT2D eigenvalue weighted by molar-refractivity contribution is 5.35.